The lowest BCUT2D eigenvalue weighted by atomic mass is 10.0. The van der Waals surface area contributed by atoms with Gasteiger partial charge in [-0.1, -0.05) is 56.5 Å². The molecule has 1 aromatic carbocycles. The summed E-state index contributed by atoms with van der Waals surface area (Å²) in [4.78, 5) is 4.16. The standard InChI is InChI=1S/C17H26N4/c1-2-3-5-11-16(15-9-6-4-7-10-15)18-13-8-12-17-19-14-20-21-17/h4,6-7,9-10,14,16,18H,2-3,5,8,11-13H2,1H3,(H,19,20,21). The molecule has 1 heterocycles. The molecule has 0 fully saturated rings. The van der Waals surface area contributed by atoms with E-state index in [2.05, 4.69) is 57.8 Å². The van der Waals surface area contributed by atoms with Crippen molar-refractivity contribution in [1.29, 1.82) is 0 Å². The lowest BCUT2D eigenvalue weighted by molar-refractivity contribution is 0.468. The van der Waals surface area contributed by atoms with Gasteiger partial charge in [0.1, 0.15) is 12.2 Å². The van der Waals surface area contributed by atoms with Crippen molar-refractivity contribution in [3.05, 3.63) is 48.0 Å². The fourth-order valence-corrected chi connectivity index (χ4v) is 2.55. The molecule has 1 atom stereocenters. The third-order valence-corrected chi connectivity index (χ3v) is 3.74. The number of aromatic amines is 1. The van der Waals surface area contributed by atoms with Crippen molar-refractivity contribution < 1.29 is 0 Å². The maximum absolute atomic E-state index is 4.16. The minimum atomic E-state index is 0.465. The van der Waals surface area contributed by atoms with Crippen molar-refractivity contribution in [2.75, 3.05) is 6.54 Å². The van der Waals surface area contributed by atoms with Crippen LogP contribution >= 0.6 is 0 Å². The number of benzene rings is 1. The van der Waals surface area contributed by atoms with Gasteiger partial charge in [0, 0.05) is 12.5 Å². The van der Waals surface area contributed by atoms with Crippen molar-refractivity contribution in [2.24, 2.45) is 0 Å². The monoisotopic (exact) mass is 286 g/mol. The van der Waals surface area contributed by atoms with Crippen molar-refractivity contribution in [1.82, 2.24) is 20.5 Å². The number of unbranched alkanes of at least 4 members (excludes halogenated alkanes) is 2. The Hall–Kier alpha value is -1.68. The smallest absolute Gasteiger partial charge is 0.137 e. The summed E-state index contributed by atoms with van der Waals surface area (Å²) in [5.74, 6) is 0.971. The molecule has 0 amide bonds. The second-order valence-corrected chi connectivity index (χ2v) is 5.45. The molecule has 0 radical (unpaired) electrons. The molecule has 1 unspecified atom stereocenters. The number of hydrogen-bond acceptors (Lipinski definition) is 3. The third kappa shape index (κ3) is 5.68. The molecule has 2 rings (SSSR count). The Morgan fingerprint density at radius 1 is 1.14 bits per heavy atom. The van der Waals surface area contributed by atoms with Crippen molar-refractivity contribution >= 4 is 0 Å². The van der Waals surface area contributed by atoms with Crippen molar-refractivity contribution in [2.45, 2.75) is 51.5 Å². The molecule has 21 heavy (non-hydrogen) atoms. The lowest BCUT2D eigenvalue weighted by Crippen LogP contribution is -2.23. The van der Waals surface area contributed by atoms with E-state index in [1.165, 1.54) is 31.2 Å². The van der Waals surface area contributed by atoms with Crippen LogP contribution in [-0.4, -0.2) is 21.7 Å². The van der Waals surface area contributed by atoms with Crippen LogP contribution in [0.3, 0.4) is 0 Å². The van der Waals surface area contributed by atoms with E-state index in [0.717, 1.165) is 25.2 Å². The quantitative estimate of drug-likeness (QED) is 0.655. The predicted molar refractivity (Wildman–Crippen MR) is 86.0 cm³/mol. The summed E-state index contributed by atoms with van der Waals surface area (Å²) in [6, 6.07) is 11.2. The number of aryl methyl sites for hydroxylation is 1. The van der Waals surface area contributed by atoms with Crippen LogP contribution in [-0.2, 0) is 6.42 Å². The fraction of sp³-hybridized carbons (Fsp3) is 0.529. The van der Waals surface area contributed by atoms with Crippen molar-refractivity contribution in [3.8, 4) is 0 Å². The molecule has 0 bridgehead atoms. The zero-order valence-corrected chi connectivity index (χ0v) is 12.9. The first kappa shape index (κ1) is 15.7. The van der Waals surface area contributed by atoms with Gasteiger partial charge in [0.15, 0.2) is 0 Å². The molecule has 1 aromatic heterocycles. The molecule has 2 N–H and O–H groups in total. The first-order valence-corrected chi connectivity index (χ1v) is 8.02. The van der Waals surface area contributed by atoms with E-state index in [1.807, 2.05) is 0 Å². The number of hydrogen-bond donors (Lipinski definition) is 2. The molecule has 0 aliphatic rings. The summed E-state index contributed by atoms with van der Waals surface area (Å²) in [5.41, 5.74) is 1.40. The molecule has 114 valence electrons. The van der Waals surface area contributed by atoms with E-state index in [9.17, 15) is 0 Å². The van der Waals surface area contributed by atoms with E-state index in [1.54, 1.807) is 6.33 Å². The van der Waals surface area contributed by atoms with Crippen LogP contribution in [0.4, 0.5) is 0 Å². The Bertz CT molecular complexity index is 467. The zero-order chi connectivity index (χ0) is 14.8. The zero-order valence-electron chi connectivity index (χ0n) is 12.9. The van der Waals surface area contributed by atoms with Gasteiger partial charge in [-0.2, -0.15) is 5.10 Å². The van der Waals surface area contributed by atoms with Gasteiger partial charge in [-0.15, -0.1) is 0 Å². The summed E-state index contributed by atoms with van der Waals surface area (Å²) in [7, 11) is 0. The summed E-state index contributed by atoms with van der Waals surface area (Å²) in [5, 5.41) is 10.5. The highest BCUT2D eigenvalue weighted by Gasteiger charge is 2.09. The molecule has 0 aliphatic carbocycles. The highest BCUT2D eigenvalue weighted by atomic mass is 15.2. The summed E-state index contributed by atoms with van der Waals surface area (Å²) < 4.78 is 0. The van der Waals surface area contributed by atoms with Crippen LogP contribution in [0.15, 0.2) is 36.7 Å². The Balaban J connectivity index is 1.78. The number of nitrogens with one attached hydrogen (secondary N) is 2. The van der Waals surface area contributed by atoms with Gasteiger partial charge in [0.25, 0.3) is 0 Å². The molecule has 0 saturated carbocycles. The maximum Gasteiger partial charge on any atom is 0.137 e. The van der Waals surface area contributed by atoms with Crippen LogP contribution in [0.2, 0.25) is 0 Å². The number of nitrogens with zero attached hydrogens (tertiary/aromatic N) is 2. The average Bonchev–Trinajstić information content (AvgIpc) is 3.04. The number of H-pyrrole nitrogens is 1. The van der Waals surface area contributed by atoms with Crippen molar-refractivity contribution in [3.63, 3.8) is 0 Å². The van der Waals surface area contributed by atoms with E-state index in [-0.39, 0.29) is 0 Å². The van der Waals surface area contributed by atoms with Gasteiger partial charge < -0.3 is 5.32 Å². The van der Waals surface area contributed by atoms with E-state index in [4.69, 9.17) is 0 Å². The van der Waals surface area contributed by atoms with Gasteiger partial charge in [0.05, 0.1) is 0 Å². The number of aromatic nitrogens is 3. The molecular formula is C17H26N4. The van der Waals surface area contributed by atoms with Gasteiger partial charge in [-0.25, -0.2) is 4.98 Å². The first-order chi connectivity index (χ1) is 10.4. The minimum absolute atomic E-state index is 0.465. The highest BCUT2D eigenvalue weighted by Crippen LogP contribution is 2.19. The Morgan fingerprint density at radius 3 is 2.71 bits per heavy atom. The fourth-order valence-electron chi connectivity index (χ4n) is 2.55. The van der Waals surface area contributed by atoms with E-state index in [0.29, 0.717) is 6.04 Å². The third-order valence-electron chi connectivity index (χ3n) is 3.74. The minimum Gasteiger partial charge on any atom is -0.310 e. The van der Waals surface area contributed by atoms with Gasteiger partial charge >= 0.3 is 0 Å². The summed E-state index contributed by atoms with van der Waals surface area (Å²) >= 11 is 0. The average molecular weight is 286 g/mol. The first-order valence-electron chi connectivity index (χ1n) is 8.02. The van der Waals surface area contributed by atoms with Gasteiger partial charge in [-0.05, 0) is 24.9 Å². The molecule has 4 nitrogen and oxygen atoms in total. The van der Waals surface area contributed by atoms with Gasteiger partial charge in [0.2, 0.25) is 0 Å². The topological polar surface area (TPSA) is 53.6 Å². The number of rotatable bonds is 10. The SMILES string of the molecule is CCCCCC(NCCCc1ncn[nH]1)c1ccccc1. The maximum atomic E-state index is 4.16. The second kappa shape index (κ2) is 9.29. The summed E-state index contributed by atoms with van der Waals surface area (Å²) in [6.07, 6.45) is 8.66. The Kier molecular flexibility index (Phi) is 6.95. The van der Waals surface area contributed by atoms with E-state index < -0.39 is 0 Å². The molecular weight excluding hydrogens is 260 g/mol. The Morgan fingerprint density at radius 2 is 2.00 bits per heavy atom. The molecule has 0 spiro atoms. The molecule has 0 aliphatic heterocycles. The lowest BCUT2D eigenvalue weighted by Gasteiger charge is -2.19. The normalized spacial score (nSPS) is 12.4. The highest BCUT2D eigenvalue weighted by molar-refractivity contribution is 5.18. The van der Waals surface area contributed by atoms with Crippen LogP contribution in [0, 0.1) is 0 Å². The predicted octanol–water partition coefficient (Wildman–Crippen LogP) is 3.65. The molecule has 4 heteroatoms. The van der Waals surface area contributed by atoms with Crippen LogP contribution in [0.25, 0.3) is 0 Å². The van der Waals surface area contributed by atoms with E-state index >= 15 is 0 Å². The van der Waals surface area contributed by atoms with Gasteiger partial charge in [-0.3, -0.25) is 5.10 Å². The Labute approximate surface area is 127 Å². The molecule has 2 aromatic rings. The largest absolute Gasteiger partial charge is 0.310 e. The van der Waals surface area contributed by atoms with Crippen LogP contribution in [0.5, 0.6) is 0 Å². The second-order valence-electron chi connectivity index (χ2n) is 5.45. The van der Waals surface area contributed by atoms with Crippen LogP contribution in [0.1, 0.15) is 56.5 Å². The molecule has 0 saturated heterocycles. The summed E-state index contributed by atoms with van der Waals surface area (Å²) in [6.45, 7) is 3.26. The van der Waals surface area contributed by atoms with Crippen LogP contribution < -0.4 is 5.32 Å².